The van der Waals surface area contributed by atoms with E-state index in [-0.39, 0.29) is 0 Å². The van der Waals surface area contributed by atoms with Crippen LogP contribution in [0.5, 0.6) is 0 Å². The topological polar surface area (TPSA) is 86.4 Å². The smallest absolute Gasteiger partial charge is 0.307 e. The monoisotopic (exact) mass is 477 g/mol. The number of para-hydroxylation sites is 1. The lowest BCUT2D eigenvalue weighted by Gasteiger charge is -2.21. The number of anilines is 3. The maximum Gasteiger partial charge on any atom is 0.347 e. The molecule has 0 saturated carbocycles. The van der Waals surface area contributed by atoms with Gasteiger partial charge in [-0.2, -0.15) is 5.01 Å². The number of aryl methyl sites for hydroxylation is 1. The van der Waals surface area contributed by atoms with E-state index in [1.54, 1.807) is 48.5 Å². The van der Waals surface area contributed by atoms with E-state index in [1.807, 2.05) is 42.6 Å². The molecule has 0 radical (unpaired) electrons. The van der Waals surface area contributed by atoms with E-state index in [0.717, 1.165) is 16.1 Å². The third-order valence-corrected chi connectivity index (χ3v) is 5.65. The third-order valence-electron chi connectivity index (χ3n) is 4.57. The van der Waals surface area contributed by atoms with Crippen molar-refractivity contribution in [3.05, 3.63) is 94.8 Å². The molecule has 0 aliphatic rings. The lowest BCUT2D eigenvalue weighted by Crippen LogP contribution is -2.50. The van der Waals surface area contributed by atoms with Gasteiger partial charge >= 0.3 is 12.1 Å². The van der Waals surface area contributed by atoms with Crippen molar-refractivity contribution in [2.45, 2.75) is 6.92 Å². The van der Waals surface area contributed by atoms with Gasteiger partial charge in [0.2, 0.25) is 5.13 Å². The Kier molecular flexibility index (Phi) is 6.87. The van der Waals surface area contributed by atoms with Crippen LogP contribution in [0.15, 0.2) is 84.2 Å². The molecule has 0 bridgehead atoms. The highest BCUT2D eigenvalue weighted by molar-refractivity contribution is 7.14. The van der Waals surface area contributed by atoms with Gasteiger partial charge in [-0.25, -0.2) is 20.0 Å². The van der Waals surface area contributed by atoms with Gasteiger partial charge in [-0.15, -0.1) is 11.3 Å². The molecule has 1 heterocycles. The predicted octanol–water partition coefficient (Wildman–Crippen LogP) is 6.55. The van der Waals surface area contributed by atoms with Crippen molar-refractivity contribution in [1.82, 2.24) is 10.4 Å². The predicted molar refractivity (Wildman–Crippen MR) is 134 cm³/mol. The Morgan fingerprint density at radius 2 is 1.55 bits per heavy atom. The third kappa shape index (κ3) is 5.88. The molecule has 0 aliphatic heterocycles. The number of benzene rings is 3. The normalized spacial score (nSPS) is 10.4. The Morgan fingerprint density at radius 3 is 2.24 bits per heavy atom. The number of urea groups is 2. The first-order chi connectivity index (χ1) is 16.0. The van der Waals surface area contributed by atoms with Gasteiger partial charge in [0.1, 0.15) is 0 Å². The maximum absolute atomic E-state index is 13.1. The molecule has 1 aromatic heterocycles. The number of nitrogens with zero attached hydrogens (tertiary/aromatic N) is 2. The van der Waals surface area contributed by atoms with Crippen LogP contribution in [0.2, 0.25) is 5.02 Å². The van der Waals surface area contributed by atoms with Gasteiger partial charge in [0.05, 0.1) is 5.69 Å². The van der Waals surface area contributed by atoms with E-state index < -0.39 is 12.1 Å². The minimum Gasteiger partial charge on any atom is -0.307 e. The molecule has 0 spiro atoms. The molecular formula is C24H20ClN5O2S. The van der Waals surface area contributed by atoms with E-state index in [2.05, 4.69) is 21.0 Å². The van der Waals surface area contributed by atoms with E-state index in [4.69, 9.17) is 11.6 Å². The Morgan fingerprint density at radius 1 is 0.879 bits per heavy atom. The minimum absolute atomic E-state index is 0.310. The second-order valence-electron chi connectivity index (χ2n) is 7.09. The number of thiazole rings is 1. The molecule has 33 heavy (non-hydrogen) atoms. The van der Waals surface area contributed by atoms with Crippen molar-refractivity contribution in [2.75, 3.05) is 15.6 Å². The first-order valence-corrected chi connectivity index (χ1v) is 11.3. The molecule has 0 unspecified atom stereocenters. The number of nitrogens with one attached hydrogen (secondary N) is 3. The molecular weight excluding hydrogens is 458 g/mol. The summed E-state index contributed by atoms with van der Waals surface area (Å²) in [5, 5.41) is 9.23. The molecule has 166 valence electrons. The lowest BCUT2D eigenvalue weighted by atomic mass is 10.1. The van der Waals surface area contributed by atoms with Crippen molar-refractivity contribution in [3.8, 4) is 11.3 Å². The van der Waals surface area contributed by atoms with Crippen LogP contribution in [0, 0.1) is 6.92 Å². The number of hydrogen-bond acceptors (Lipinski definition) is 4. The average molecular weight is 478 g/mol. The van der Waals surface area contributed by atoms with Crippen molar-refractivity contribution in [3.63, 3.8) is 0 Å². The molecule has 0 fully saturated rings. The SMILES string of the molecule is Cc1ccc(-c2csc(N(NC(=O)Nc3ccc(Cl)cc3)C(=O)Nc3ccccc3)n2)cc1. The van der Waals surface area contributed by atoms with Gasteiger partial charge < -0.3 is 10.6 Å². The van der Waals surface area contributed by atoms with Gasteiger partial charge in [0.25, 0.3) is 0 Å². The summed E-state index contributed by atoms with van der Waals surface area (Å²) in [6.07, 6.45) is 0. The molecule has 3 aromatic carbocycles. The Bertz CT molecular complexity index is 1240. The largest absolute Gasteiger partial charge is 0.347 e. The summed E-state index contributed by atoms with van der Waals surface area (Å²) in [5.41, 5.74) is 6.44. The van der Waals surface area contributed by atoms with Crippen molar-refractivity contribution < 1.29 is 9.59 Å². The maximum atomic E-state index is 13.1. The summed E-state index contributed by atoms with van der Waals surface area (Å²) in [7, 11) is 0. The van der Waals surface area contributed by atoms with Crippen molar-refractivity contribution in [2.24, 2.45) is 0 Å². The highest BCUT2D eigenvalue weighted by Crippen LogP contribution is 2.27. The van der Waals surface area contributed by atoms with Gasteiger partial charge in [0.15, 0.2) is 0 Å². The van der Waals surface area contributed by atoms with Gasteiger partial charge in [0, 0.05) is 27.3 Å². The highest BCUT2D eigenvalue weighted by atomic mass is 35.5. The first kappa shape index (κ1) is 22.3. The number of halogens is 1. The zero-order chi connectivity index (χ0) is 23.2. The number of carbonyl (C=O) groups is 2. The summed E-state index contributed by atoms with van der Waals surface area (Å²) in [5.74, 6) is 0. The second kappa shape index (κ2) is 10.2. The summed E-state index contributed by atoms with van der Waals surface area (Å²) in [6, 6.07) is 22.3. The standard InChI is InChI=1S/C24H20ClN5O2S/c1-16-7-9-17(10-8-16)21-15-33-24(28-21)30(23(32)27-19-5-3-2-4-6-19)29-22(31)26-20-13-11-18(25)12-14-20/h2-15H,1H3,(H,27,32)(H2,26,29,31). The first-order valence-electron chi connectivity index (χ1n) is 10.00. The molecule has 4 amide bonds. The van der Waals surface area contributed by atoms with Crippen molar-refractivity contribution >= 4 is 51.5 Å². The van der Waals surface area contributed by atoms with Crippen LogP contribution in [0.4, 0.5) is 26.1 Å². The zero-order valence-electron chi connectivity index (χ0n) is 17.6. The molecule has 0 saturated heterocycles. The van der Waals surface area contributed by atoms with Crippen LogP contribution in [0.1, 0.15) is 5.56 Å². The lowest BCUT2D eigenvalue weighted by molar-refractivity contribution is 0.243. The number of hydrogen-bond donors (Lipinski definition) is 3. The van der Waals surface area contributed by atoms with E-state index >= 15 is 0 Å². The summed E-state index contributed by atoms with van der Waals surface area (Å²) in [4.78, 5) is 30.3. The van der Waals surface area contributed by atoms with Crippen LogP contribution in [0.3, 0.4) is 0 Å². The highest BCUT2D eigenvalue weighted by Gasteiger charge is 2.22. The summed E-state index contributed by atoms with van der Waals surface area (Å²) >= 11 is 7.14. The van der Waals surface area contributed by atoms with Crippen LogP contribution in [-0.2, 0) is 0 Å². The van der Waals surface area contributed by atoms with E-state index in [1.165, 1.54) is 11.3 Å². The Hall–Kier alpha value is -3.88. The molecule has 0 atom stereocenters. The molecule has 0 aliphatic carbocycles. The van der Waals surface area contributed by atoms with Gasteiger partial charge in [-0.1, -0.05) is 59.6 Å². The molecule has 3 N–H and O–H groups in total. The minimum atomic E-state index is -0.604. The number of carbonyl (C=O) groups excluding carboxylic acids is 2. The number of amides is 4. The number of rotatable bonds is 4. The summed E-state index contributed by atoms with van der Waals surface area (Å²) in [6.45, 7) is 2.01. The Balaban J connectivity index is 1.56. The van der Waals surface area contributed by atoms with Crippen LogP contribution in [-0.4, -0.2) is 17.0 Å². The van der Waals surface area contributed by atoms with E-state index in [9.17, 15) is 9.59 Å². The Labute approximate surface area is 200 Å². The average Bonchev–Trinajstić information content (AvgIpc) is 3.30. The van der Waals surface area contributed by atoms with Crippen LogP contribution >= 0.6 is 22.9 Å². The zero-order valence-corrected chi connectivity index (χ0v) is 19.2. The molecule has 9 heteroatoms. The van der Waals surface area contributed by atoms with Crippen LogP contribution in [0.25, 0.3) is 11.3 Å². The fourth-order valence-corrected chi connectivity index (χ4v) is 3.82. The number of hydrazine groups is 1. The molecule has 4 rings (SSSR count). The van der Waals surface area contributed by atoms with Gasteiger partial charge in [-0.3, -0.25) is 0 Å². The quantitative estimate of drug-likeness (QED) is 0.291. The number of aromatic nitrogens is 1. The van der Waals surface area contributed by atoms with Crippen LogP contribution < -0.4 is 21.1 Å². The van der Waals surface area contributed by atoms with Crippen molar-refractivity contribution in [1.29, 1.82) is 0 Å². The van der Waals surface area contributed by atoms with Gasteiger partial charge in [-0.05, 0) is 43.3 Å². The second-order valence-corrected chi connectivity index (χ2v) is 8.36. The fraction of sp³-hybridized carbons (Fsp3) is 0.0417. The summed E-state index contributed by atoms with van der Waals surface area (Å²) < 4.78 is 0. The fourth-order valence-electron chi connectivity index (χ4n) is 2.90. The van der Waals surface area contributed by atoms with E-state index in [0.29, 0.717) is 27.2 Å². The molecule has 7 nitrogen and oxygen atoms in total. The molecule has 4 aromatic rings.